The molecular weight excluding hydrogens is 857 g/mol. The van der Waals surface area contributed by atoms with Crippen molar-refractivity contribution in [1.29, 1.82) is 0 Å². The van der Waals surface area contributed by atoms with E-state index in [4.69, 9.17) is 8.07 Å². The number of rotatable bonds is 13. The molecule has 0 saturated heterocycles. The van der Waals surface area contributed by atoms with Crippen LogP contribution in [0.5, 0.6) is 0 Å². The number of para-hydroxylation sites is 2. The summed E-state index contributed by atoms with van der Waals surface area (Å²) in [5.41, 5.74) is 1.78. The average Bonchev–Trinajstić information content (AvgIpc) is 3.14. The van der Waals surface area contributed by atoms with Gasteiger partial charge in [0.25, 0.3) is 0 Å². The number of benzene rings is 4. The minimum absolute atomic E-state index is 0.108. The summed E-state index contributed by atoms with van der Waals surface area (Å²) in [5.74, 6) is -25.6. The number of aliphatic imine (C=N–C) groups is 1. The van der Waals surface area contributed by atoms with Crippen LogP contribution in [0.15, 0.2) is 53.2 Å². The third-order valence-electron chi connectivity index (χ3n) is 9.24. The molecule has 4 aromatic rings. The van der Waals surface area contributed by atoms with Crippen LogP contribution in [0.2, 0.25) is 0 Å². The molecule has 14 heteroatoms. The number of nitrogens with zero attached hydrogens (tertiary/aromatic N) is 2. The van der Waals surface area contributed by atoms with Crippen molar-refractivity contribution in [2.24, 2.45) is 4.99 Å². The van der Waals surface area contributed by atoms with Crippen molar-refractivity contribution >= 4 is 38.9 Å². The number of hydrogen-bond donors (Lipinski definition) is 0. The van der Waals surface area contributed by atoms with E-state index in [1.54, 1.807) is 23.0 Å². The Bertz CT molecular complexity index is 2000. The van der Waals surface area contributed by atoms with Gasteiger partial charge in [0.1, 0.15) is 0 Å². The Kier molecular flexibility index (Phi) is 14.6. The van der Waals surface area contributed by atoms with Gasteiger partial charge in [0.05, 0.1) is 0 Å². The van der Waals surface area contributed by atoms with Crippen molar-refractivity contribution in [1.82, 2.24) is 0 Å². The number of halogens is 10. The van der Waals surface area contributed by atoms with Crippen LogP contribution >= 0.6 is 0 Å². The summed E-state index contributed by atoms with van der Waals surface area (Å²) >= 11 is -3.19. The fourth-order valence-electron chi connectivity index (χ4n) is 6.35. The summed E-state index contributed by atoms with van der Waals surface area (Å²) in [6.07, 6.45) is -1.29. The average molecular weight is 900 g/mol. The van der Waals surface area contributed by atoms with Crippen molar-refractivity contribution in [2.75, 3.05) is 3.12 Å². The SMILES string of the molecule is CC(/C=C(\C)[N]([Sn][O]C(c1c(F)c(F)c(F)c(F)c1F)c1c(F)c(F)c(F)c(F)c1F)c1c(C(C)C)cccc1C(C)C)=Nc1c(C(C)C)cccc1C(C)C. The van der Waals surface area contributed by atoms with Gasteiger partial charge in [0.15, 0.2) is 0 Å². The first-order valence-corrected chi connectivity index (χ1v) is 20.3. The van der Waals surface area contributed by atoms with Crippen LogP contribution < -0.4 is 3.12 Å². The summed E-state index contributed by atoms with van der Waals surface area (Å²) in [4.78, 5) is 4.98. The van der Waals surface area contributed by atoms with Gasteiger partial charge in [-0.2, -0.15) is 0 Å². The van der Waals surface area contributed by atoms with Crippen molar-refractivity contribution in [2.45, 2.75) is 99.0 Å². The van der Waals surface area contributed by atoms with Gasteiger partial charge < -0.3 is 0 Å². The van der Waals surface area contributed by atoms with Crippen molar-refractivity contribution < 1.29 is 47.0 Å². The van der Waals surface area contributed by atoms with E-state index in [1.807, 2.05) is 91.8 Å². The number of hydrogen-bond acceptors (Lipinski definition) is 3. The van der Waals surface area contributed by atoms with Crippen LogP contribution in [-0.2, 0) is 3.07 Å². The zero-order chi connectivity index (χ0) is 42.1. The monoisotopic (exact) mass is 900 g/mol. The quantitative estimate of drug-likeness (QED) is 0.0439. The molecule has 0 aliphatic carbocycles. The Morgan fingerprint density at radius 3 is 1.20 bits per heavy atom. The van der Waals surface area contributed by atoms with Crippen LogP contribution in [0, 0.1) is 58.2 Å². The molecule has 0 atom stereocenters. The summed E-state index contributed by atoms with van der Waals surface area (Å²) in [5, 5.41) is 0. The second kappa shape index (κ2) is 18.2. The molecular formula is C42H42F10N2OSn. The van der Waals surface area contributed by atoms with Gasteiger partial charge in [-0.25, -0.2) is 0 Å². The molecule has 0 aliphatic heterocycles. The fraction of sp³-hybridized carbons (Fsp3) is 0.357. The summed E-state index contributed by atoms with van der Waals surface area (Å²) in [6, 6.07) is 11.3. The number of allylic oxidation sites excluding steroid dienone is 2. The van der Waals surface area contributed by atoms with Gasteiger partial charge in [-0.1, -0.05) is 0 Å². The Labute approximate surface area is 331 Å². The molecule has 0 unspecified atom stereocenters. The third kappa shape index (κ3) is 8.83. The Morgan fingerprint density at radius 2 is 0.857 bits per heavy atom. The van der Waals surface area contributed by atoms with Crippen LogP contribution in [0.25, 0.3) is 0 Å². The van der Waals surface area contributed by atoms with E-state index in [0.717, 1.165) is 27.9 Å². The molecule has 56 heavy (non-hydrogen) atoms. The zero-order valence-corrected chi connectivity index (χ0v) is 35.4. The first-order chi connectivity index (χ1) is 26.1. The van der Waals surface area contributed by atoms with E-state index >= 15 is 17.6 Å². The van der Waals surface area contributed by atoms with E-state index in [1.165, 1.54) is 0 Å². The molecule has 2 radical (unpaired) electrons. The summed E-state index contributed by atoms with van der Waals surface area (Å²) in [7, 11) is 0. The molecule has 0 heterocycles. The second-order valence-electron chi connectivity index (χ2n) is 14.6. The molecule has 0 aliphatic rings. The van der Waals surface area contributed by atoms with Crippen LogP contribution in [0.3, 0.4) is 0 Å². The Hall–Kier alpha value is -3.85. The van der Waals surface area contributed by atoms with Gasteiger partial charge in [-0.15, -0.1) is 0 Å². The molecule has 0 spiro atoms. The Morgan fingerprint density at radius 1 is 0.536 bits per heavy atom. The van der Waals surface area contributed by atoms with E-state index < -0.39 is 97.2 Å². The van der Waals surface area contributed by atoms with Crippen molar-refractivity contribution in [3.63, 3.8) is 0 Å². The van der Waals surface area contributed by atoms with Gasteiger partial charge >= 0.3 is 333 Å². The second-order valence-corrected chi connectivity index (χ2v) is 17.1. The molecule has 0 amide bonds. The van der Waals surface area contributed by atoms with Gasteiger partial charge in [0.2, 0.25) is 0 Å². The molecule has 300 valence electrons. The topological polar surface area (TPSA) is 24.8 Å². The maximum atomic E-state index is 15.5. The van der Waals surface area contributed by atoms with E-state index in [-0.39, 0.29) is 23.7 Å². The number of anilines is 1. The normalized spacial score (nSPS) is 12.7. The predicted molar refractivity (Wildman–Crippen MR) is 199 cm³/mol. The minimum atomic E-state index is -3.19. The predicted octanol–water partition coefficient (Wildman–Crippen LogP) is 13.4. The standard InChI is InChI=1S/C29H41N2.C13HF10O.Sn/c1-18(2)24-13-11-14-25(19(3)4)28(24)30-22(9)17-23(10)31-29-26(20(5)6)15-12-16-27(29)21(7)8;14-3-1(4(15)8(19)11(22)7(3)18)13(24)2-5(16)9(20)12(23)10(21)6(2)17;/h11-21H,1-10H3;13H;/q2*-1;+2/b22-17+,31-23?;;. The molecule has 4 rings (SSSR count). The van der Waals surface area contributed by atoms with Gasteiger partial charge in [-0.3, -0.25) is 0 Å². The molecule has 4 aromatic carbocycles. The third-order valence-corrected chi connectivity index (χ3v) is 12.4. The molecule has 0 N–H and O–H groups in total. The van der Waals surface area contributed by atoms with E-state index in [0.29, 0.717) is 17.1 Å². The first-order valence-electron chi connectivity index (χ1n) is 17.9. The molecule has 0 bridgehead atoms. The zero-order valence-electron chi connectivity index (χ0n) is 32.5. The van der Waals surface area contributed by atoms with Crippen LogP contribution in [-0.4, -0.2) is 27.5 Å². The molecule has 3 nitrogen and oxygen atoms in total. The molecule has 0 fully saturated rings. The van der Waals surface area contributed by atoms with Crippen molar-refractivity contribution in [3.8, 4) is 0 Å². The van der Waals surface area contributed by atoms with Gasteiger partial charge in [-0.05, 0) is 0 Å². The van der Waals surface area contributed by atoms with Crippen LogP contribution in [0.4, 0.5) is 55.3 Å². The van der Waals surface area contributed by atoms with Gasteiger partial charge in [0, 0.05) is 0 Å². The van der Waals surface area contributed by atoms with Crippen molar-refractivity contribution in [3.05, 3.63) is 140 Å². The van der Waals surface area contributed by atoms with E-state index in [9.17, 15) is 26.3 Å². The van der Waals surface area contributed by atoms with Crippen LogP contribution in [0.1, 0.15) is 132 Å². The molecule has 0 aromatic heterocycles. The summed E-state index contributed by atoms with van der Waals surface area (Å²) in [6.45, 7) is 19.1. The Balaban J connectivity index is 2.05. The molecule has 0 saturated carbocycles. The maximum absolute atomic E-state index is 15.5. The first kappa shape index (κ1) is 44.9. The van der Waals surface area contributed by atoms with E-state index in [2.05, 4.69) is 0 Å². The fourth-order valence-corrected chi connectivity index (χ4v) is 9.22. The summed E-state index contributed by atoms with van der Waals surface area (Å²) < 4.78 is 156.